The number of fused-ring (bicyclic) bond motifs is 2. The van der Waals surface area contributed by atoms with Gasteiger partial charge in [0.25, 0.3) is 0 Å². The van der Waals surface area contributed by atoms with E-state index in [-0.39, 0.29) is 11.7 Å². The number of aryl methyl sites for hydroxylation is 1. The van der Waals surface area contributed by atoms with E-state index in [4.69, 9.17) is 9.72 Å². The monoisotopic (exact) mass is 453 g/mol. The Labute approximate surface area is 196 Å². The summed E-state index contributed by atoms with van der Waals surface area (Å²) in [4.78, 5) is 17.4. The van der Waals surface area contributed by atoms with Crippen molar-refractivity contribution in [2.75, 3.05) is 0 Å². The van der Waals surface area contributed by atoms with Gasteiger partial charge in [0.05, 0.1) is 22.2 Å². The van der Waals surface area contributed by atoms with Crippen molar-refractivity contribution in [3.8, 4) is 17.0 Å². The Morgan fingerprint density at radius 2 is 1.82 bits per heavy atom. The molecule has 0 spiro atoms. The zero-order valence-corrected chi connectivity index (χ0v) is 19.2. The molecule has 0 saturated heterocycles. The van der Waals surface area contributed by atoms with E-state index >= 15 is 0 Å². The van der Waals surface area contributed by atoms with E-state index in [1.807, 2.05) is 66.9 Å². The smallest absolute Gasteiger partial charge is 0.336 e. The minimum atomic E-state index is -0.992. The summed E-state index contributed by atoms with van der Waals surface area (Å²) in [6, 6.07) is 23.6. The second-order valence-electron chi connectivity index (χ2n) is 7.98. The Morgan fingerprint density at radius 3 is 2.58 bits per heavy atom. The zero-order valence-electron chi connectivity index (χ0n) is 18.4. The van der Waals surface area contributed by atoms with Crippen LogP contribution in [0.25, 0.3) is 32.2 Å². The first-order chi connectivity index (χ1) is 16.1. The molecule has 2 aromatic heterocycles. The molecule has 1 atom stereocenters. The van der Waals surface area contributed by atoms with Gasteiger partial charge in [-0.25, -0.2) is 9.78 Å². The Balaban J connectivity index is 1.72. The third kappa shape index (κ3) is 3.85. The maximum absolute atomic E-state index is 12.4. The number of benzene rings is 3. The SMILES string of the molecule is CCc1ccc(O[C@@H](C)c2ccccc2)c2c(C(=O)O)cc(-c3csc4ccccc34)nc12. The summed E-state index contributed by atoms with van der Waals surface area (Å²) >= 11 is 1.64. The highest BCUT2D eigenvalue weighted by Crippen LogP contribution is 2.39. The maximum Gasteiger partial charge on any atom is 0.336 e. The molecule has 0 aliphatic rings. The topological polar surface area (TPSA) is 59.4 Å². The largest absolute Gasteiger partial charge is 0.485 e. The van der Waals surface area contributed by atoms with Gasteiger partial charge in [-0.2, -0.15) is 0 Å². The number of aromatic nitrogens is 1. The third-order valence-corrected chi connectivity index (χ3v) is 6.91. The van der Waals surface area contributed by atoms with Gasteiger partial charge in [0.15, 0.2) is 0 Å². The van der Waals surface area contributed by atoms with E-state index in [2.05, 4.69) is 19.1 Å². The standard InChI is InChI=1S/C28H23NO3S/c1-3-18-13-14-24(32-17(2)19-9-5-4-6-10-19)26-21(28(30)31)15-23(29-27(18)26)22-16-33-25-12-8-7-11-20(22)25/h4-17H,3H2,1-2H3,(H,30,31)/t17-/m0/s1. The molecule has 33 heavy (non-hydrogen) atoms. The normalized spacial score (nSPS) is 12.2. The van der Waals surface area contributed by atoms with Gasteiger partial charge in [-0.3, -0.25) is 0 Å². The van der Waals surface area contributed by atoms with Crippen LogP contribution in [0.2, 0.25) is 0 Å². The van der Waals surface area contributed by atoms with E-state index in [0.29, 0.717) is 22.3 Å². The van der Waals surface area contributed by atoms with Gasteiger partial charge in [0.1, 0.15) is 11.9 Å². The van der Waals surface area contributed by atoms with Crippen molar-refractivity contribution >= 4 is 38.3 Å². The van der Waals surface area contributed by atoms with Gasteiger partial charge < -0.3 is 9.84 Å². The van der Waals surface area contributed by atoms with Crippen LogP contribution in [0.5, 0.6) is 5.75 Å². The third-order valence-electron chi connectivity index (χ3n) is 5.95. The maximum atomic E-state index is 12.4. The number of hydrogen-bond acceptors (Lipinski definition) is 4. The first-order valence-electron chi connectivity index (χ1n) is 10.9. The molecular formula is C28H23NO3S. The van der Waals surface area contributed by atoms with E-state index in [1.54, 1.807) is 17.4 Å². The van der Waals surface area contributed by atoms with Gasteiger partial charge in [-0.1, -0.05) is 61.5 Å². The summed E-state index contributed by atoms with van der Waals surface area (Å²) in [7, 11) is 0. The van der Waals surface area contributed by atoms with E-state index in [0.717, 1.165) is 33.2 Å². The summed E-state index contributed by atoms with van der Waals surface area (Å²) in [6.45, 7) is 4.02. The van der Waals surface area contributed by atoms with Gasteiger partial charge in [0, 0.05) is 21.0 Å². The van der Waals surface area contributed by atoms with Crippen molar-refractivity contribution in [1.82, 2.24) is 4.98 Å². The van der Waals surface area contributed by atoms with Crippen LogP contribution in [0, 0.1) is 0 Å². The van der Waals surface area contributed by atoms with Crippen LogP contribution in [0.3, 0.4) is 0 Å². The van der Waals surface area contributed by atoms with Crippen molar-refractivity contribution in [1.29, 1.82) is 0 Å². The lowest BCUT2D eigenvalue weighted by Crippen LogP contribution is -2.07. The Kier molecular flexibility index (Phi) is 5.56. The summed E-state index contributed by atoms with van der Waals surface area (Å²) in [6.07, 6.45) is 0.509. The first-order valence-corrected chi connectivity index (χ1v) is 11.8. The molecule has 0 fully saturated rings. The minimum Gasteiger partial charge on any atom is -0.485 e. The highest BCUT2D eigenvalue weighted by molar-refractivity contribution is 7.17. The van der Waals surface area contributed by atoms with Crippen LogP contribution in [0.15, 0.2) is 78.2 Å². The number of ether oxygens (including phenoxy) is 1. The molecule has 0 saturated carbocycles. The molecule has 0 amide bonds. The number of carboxylic acids is 1. The Morgan fingerprint density at radius 1 is 1.06 bits per heavy atom. The molecule has 2 heterocycles. The number of carboxylic acid groups (broad SMARTS) is 1. The lowest BCUT2D eigenvalue weighted by molar-refractivity contribution is 0.0698. The average molecular weight is 454 g/mol. The molecular weight excluding hydrogens is 430 g/mol. The number of pyridine rings is 1. The second kappa shape index (κ2) is 8.68. The van der Waals surface area contributed by atoms with E-state index in [9.17, 15) is 9.90 Å². The fourth-order valence-corrected chi connectivity index (χ4v) is 5.17. The van der Waals surface area contributed by atoms with Crippen LogP contribution in [0.1, 0.15) is 41.4 Å². The van der Waals surface area contributed by atoms with Crippen molar-refractivity contribution in [3.05, 3.63) is 94.9 Å². The van der Waals surface area contributed by atoms with E-state index < -0.39 is 5.97 Å². The molecule has 4 nitrogen and oxygen atoms in total. The van der Waals surface area contributed by atoms with Gasteiger partial charge in [-0.15, -0.1) is 11.3 Å². The number of thiophene rings is 1. The summed E-state index contributed by atoms with van der Waals surface area (Å²) in [5.41, 5.74) is 4.52. The van der Waals surface area contributed by atoms with Crippen molar-refractivity contribution in [2.24, 2.45) is 0 Å². The highest BCUT2D eigenvalue weighted by Gasteiger charge is 2.21. The van der Waals surface area contributed by atoms with E-state index in [1.165, 1.54) is 0 Å². The fourth-order valence-electron chi connectivity index (χ4n) is 4.21. The predicted octanol–water partition coefficient (Wildman–Crippen LogP) is 7.52. The summed E-state index contributed by atoms with van der Waals surface area (Å²) < 4.78 is 7.45. The molecule has 5 rings (SSSR count). The molecule has 3 aromatic carbocycles. The Hall–Kier alpha value is -3.70. The molecule has 0 bridgehead atoms. The number of aromatic carboxylic acids is 1. The number of hydrogen-bond donors (Lipinski definition) is 1. The summed E-state index contributed by atoms with van der Waals surface area (Å²) in [5.74, 6) is -0.459. The second-order valence-corrected chi connectivity index (χ2v) is 8.89. The van der Waals surface area contributed by atoms with Crippen molar-refractivity contribution in [2.45, 2.75) is 26.4 Å². The number of nitrogens with zero attached hydrogens (tertiary/aromatic N) is 1. The molecule has 5 aromatic rings. The van der Waals surface area contributed by atoms with Gasteiger partial charge in [-0.05, 0) is 42.7 Å². The van der Waals surface area contributed by atoms with Crippen LogP contribution < -0.4 is 4.74 Å². The number of rotatable bonds is 6. The average Bonchev–Trinajstić information content (AvgIpc) is 3.28. The van der Waals surface area contributed by atoms with Crippen LogP contribution in [-0.4, -0.2) is 16.1 Å². The fraction of sp³-hybridized carbons (Fsp3) is 0.143. The molecule has 0 radical (unpaired) electrons. The predicted molar refractivity (Wildman–Crippen MR) is 134 cm³/mol. The van der Waals surface area contributed by atoms with Crippen LogP contribution in [-0.2, 0) is 6.42 Å². The molecule has 0 unspecified atom stereocenters. The lowest BCUT2D eigenvalue weighted by Gasteiger charge is -2.19. The van der Waals surface area contributed by atoms with Crippen molar-refractivity contribution < 1.29 is 14.6 Å². The van der Waals surface area contributed by atoms with Crippen LogP contribution >= 0.6 is 11.3 Å². The summed E-state index contributed by atoms with van der Waals surface area (Å²) in [5, 5.41) is 13.9. The number of carbonyl (C=O) groups is 1. The molecule has 164 valence electrons. The lowest BCUT2D eigenvalue weighted by atomic mass is 9.99. The zero-order chi connectivity index (χ0) is 22.9. The van der Waals surface area contributed by atoms with Crippen LogP contribution in [0.4, 0.5) is 0 Å². The van der Waals surface area contributed by atoms with Gasteiger partial charge in [0.2, 0.25) is 0 Å². The Bertz CT molecular complexity index is 1470. The molecule has 0 aliphatic heterocycles. The highest BCUT2D eigenvalue weighted by atomic mass is 32.1. The molecule has 1 N–H and O–H groups in total. The van der Waals surface area contributed by atoms with Crippen molar-refractivity contribution in [3.63, 3.8) is 0 Å². The first kappa shape index (κ1) is 21.2. The molecule has 5 heteroatoms. The minimum absolute atomic E-state index is 0.204. The quantitative estimate of drug-likeness (QED) is 0.289. The van der Waals surface area contributed by atoms with Gasteiger partial charge >= 0.3 is 5.97 Å². The molecule has 0 aliphatic carbocycles.